The van der Waals surface area contributed by atoms with Gasteiger partial charge < -0.3 is 9.15 Å². The molecule has 0 aliphatic heterocycles. The van der Waals surface area contributed by atoms with E-state index >= 15 is 0 Å². The molecule has 0 amide bonds. The van der Waals surface area contributed by atoms with E-state index in [9.17, 15) is 13.2 Å². The Morgan fingerprint density at radius 1 is 1.04 bits per heavy atom. The molecule has 0 aliphatic rings. The lowest BCUT2D eigenvalue weighted by Gasteiger charge is -2.06. The molecular weight excluding hydrogens is 342 g/mol. The zero-order chi connectivity index (χ0) is 17.7. The number of rotatable bonds is 6. The maximum atomic E-state index is 12.4. The number of aromatic nitrogens is 1. The Kier molecular flexibility index (Phi) is 4.95. The summed E-state index contributed by atoms with van der Waals surface area (Å²) >= 11 is 0. The van der Waals surface area contributed by atoms with Crippen LogP contribution in [0, 0.1) is 0 Å². The first-order chi connectivity index (χ1) is 12.1. The number of furan rings is 1. The fourth-order valence-electron chi connectivity index (χ4n) is 2.23. The van der Waals surface area contributed by atoms with Gasteiger partial charge in [-0.1, -0.05) is 24.3 Å². The summed E-state index contributed by atoms with van der Waals surface area (Å²) in [6.07, 6.45) is 2.86. The summed E-state index contributed by atoms with van der Waals surface area (Å²) in [5.41, 5.74) is 0.843. The molecule has 0 fully saturated rings. The van der Waals surface area contributed by atoms with E-state index in [-0.39, 0.29) is 28.6 Å². The molecule has 6 nitrogen and oxygen atoms in total. The van der Waals surface area contributed by atoms with E-state index in [0.29, 0.717) is 5.69 Å². The second-order valence-electron chi connectivity index (χ2n) is 5.24. The molecular formula is C18H15NO5S. The Bertz CT molecular complexity index is 949. The second kappa shape index (κ2) is 7.31. The molecule has 2 heterocycles. The van der Waals surface area contributed by atoms with Gasteiger partial charge in [-0.25, -0.2) is 13.2 Å². The largest absolute Gasteiger partial charge is 0.457 e. The maximum absolute atomic E-state index is 12.4. The van der Waals surface area contributed by atoms with Crippen molar-refractivity contribution in [3.63, 3.8) is 0 Å². The zero-order valence-corrected chi connectivity index (χ0v) is 14.0. The number of hydrogen-bond donors (Lipinski definition) is 0. The van der Waals surface area contributed by atoms with Crippen molar-refractivity contribution in [1.29, 1.82) is 0 Å². The Morgan fingerprint density at radius 2 is 1.80 bits per heavy atom. The maximum Gasteiger partial charge on any atom is 0.374 e. The van der Waals surface area contributed by atoms with Gasteiger partial charge in [0, 0.05) is 11.8 Å². The molecule has 25 heavy (non-hydrogen) atoms. The van der Waals surface area contributed by atoms with Crippen LogP contribution in [0.15, 0.2) is 76.4 Å². The highest BCUT2D eigenvalue weighted by molar-refractivity contribution is 7.90. The van der Waals surface area contributed by atoms with Crippen LogP contribution in [0.4, 0.5) is 0 Å². The van der Waals surface area contributed by atoms with Crippen LogP contribution in [0.5, 0.6) is 0 Å². The quantitative estimate of drug-likeness (QED) is 0.630. The summed E-state index contributed by atoms with van der Waals surface area (Å²) in [7, 11) is -3.59. The van der Waals surface area contributed by atoms with Crippen LogP contribution >= 0.6 is 0 Å². The Hall–Kier alpha value is -2.93. The highest BCUT2D eigenvalue weighted by Gasteiger charge is 2.23. The van der Waals surface area contributed by atoms with Gasteiger partial charge in [0.05, 0.1) is 22.6 Å². The summed E-state index contributed by atoms with van der Waals surface area (Å²) in [6.45, 7) is -0.0226. The van der Waals surface area contributed by atoms with Gasteiger partial charge in [0.2, 0.25) is 5.76 Å². The van der Waals surface area contributed by atoms with Crippen molar-refractivity contribution in [2.75, 3.05) is 0 Å². The molecule has 128 valence electrons. The molecule has 0 atom stereocenters. The predicted molar refractivity (Wildman–Crippen MR) is 89.4 cm³/mol. The molecule has 3 aromatic rings. The SMILES string of the molecule is O=C(OCc1ccccn1)c1occc1CS(=O)(=O)c1ccccc1. The molecule has 0 saturated heterocycles. The minimum absolute atomic E-state index is 0.0226. The molecule has 0 N–H and O–H groups in total. The number of esters is 1. The third kappa shape index (κ3) is 4.13. The molecule has 3 rings (SSSR count). The molecule has 0 saturated carbocycles. The van der Waals surface area contributed by atoms with Gasteiger partial charge in [-0.2, -0.15) is 0 Å². The summed E-state index contributed by atoms with van der Waals surface area (Å²) in [4.78, 5) is 16.4. The summed E-state index contributed by atoms with van der Waals surface area (Å²) in [6, 6.07) is 14.7. The minimum Gasteiger partial charge on any atom is -0.457 e. The molecule has 0 spiro atoms. The van der Waals surface area contributed by atoms with Gasteiger partial charge in [-0.05, 0) is 30.3 Å². The standard InChI is InChI=1S/C18H15NO5S/c20-18(24-12-15-6-4-5-10-19-15)17-14(9-11-23-17)13-25(21,22)16-7-2-1-3-8-16/h1-11H,12-13H2. The van der Waals surface area contributed by atoms with Crippen molar-refractivity contribution in [3.8, 4) is 0 Å². The number of nitrogens with zero attached hydrogens (tertiary/aromatic N) is 1. The molecule has 1 aromatic carbocycles. The van der Waals surface area contributed by atoms with Gasteiger partial charge in [-0.3, -0.25) is 4.98 Å². The van der Waals surface area contributed by atoms with E-state index in [1.165, 1.54) is 24.5 Å². The Morgan fingerprint density at radius 3 is 2.52 bits per heavy atom. The van der Waals surface area contributed by atoms with Gasteiger partial charge >= 0.3 is 5.97 Å². The van der Waals surface area contributed by atoms with Gasteiger partial charge in [-0.15, -0.1) is 0 Å². The van der Waals surface area contributed by atoms with Crippen LogP contribution in [0.1, 0.15) is 21.8 Å². The Labute approximate surface area is 145 Å². The number of sulfone groups is 1. The topological polar surface area (TPSA) is 86.5 Å². The second-order valence-corrected chi connectivity index (χ2v) is 7.23. The minimum atomic E-state index is -3.59. The van der Waals surface area contributed by atoms with Gasteiger partial charge in [0.1, 0.15) is 6.61 Å². The number of carbonyl (C=O) groups excluding carboxylic acids is 1. The van der Waals surface area contributed by atoms with Crippen LogP contribution in [-0.2, 0) is 26.9 Å². The van der Waals surface area contributed by atoms with Gasteiger partial charge in [0.25, 0.3) is 0 Å². The number of pyridine rings is 1. The smallest absolute Gasteiger partial charge is 0.374 e. The van der Waals surface area contributed by atoms with Gasteiger partial charge in [0.15, 0.2) is 9.84 Å². The average Bonchev–Trinajstić information content (AvgIpc) is 3.09. The normalized spacial score (nSPS) is 11.2. The lowest BCUT2D eigenvalue weighted by atomic mass is 10.3. The average molecular weight is 357 g/mol. The van der Waals surface area contributed by atoms with E-state index in [0.717, 1.165) is 0 Å². The Balaban J connectivity index is 1.73. The zero-order valence-electron chi connectivity index (χ0n) is 13.2. The molecule has 0 bridgehead atoms. The van der Waals surface area contributed by atoms with Crippen molar-refractivity contribution >= 4 is 15.8 Å². The summed E-state index contributed by atoms with van der Waals surface area (Å²) < 4.78 is 35.2. The number of ether oxygens (including phenoxy) is 1. The summed E-state index contributed by atoms with van der Waals surface area (Å²) in [5.74, 6) is -1.19. The summed E-state index contributed by atoms with van der Waals surface area (Å²) in [5, 5.41) is 0. The third-order valence-electron chi connectivity index (χ3n) is 3.46. The van der Waals surface area contributed by atoms with E-state index in [2.05, 4.69) is 4.98 Å². The van der Waals surface area contributed by atoms with Crippen LogP contribution in [0.25, 0.3) is 0 Å². The number of benzene rings is 1. The lowest BCUT2D eigenvalue weighted by molar-refractivity contribution is 0.0430. The first-order valence-electron chi connectivity index (χ1n) is 7.47. The molecule has 7 heteroatoms. The third-order valence-corrected chi connectivity index (χ3v) is 5.14. The highest BCUT2D eigenvalue weighted by atomic mass is 32.2. The number of hydrogen-bond acceptors (Lipinski definition) is 6. The van der Waals surface area contributed by atoms with Crippen molar-refractivity contribution < 1.29 is 22.4 Å². The van der Waals surface area contributed by atoms with E-state index in [4.69, 9.17) is 9.15 Å². The molecule has 2 aromatic heterocycles. The van der Waals surface area contributed by atoms with Crippen molar-refractivity contribution in [2.45, 2.75) is 17.3 Å². The van der Waals surface area contributed by atoms with Crippen LogP contribution in [-0.4, -0.2) is 19.4 Å². The predicted octanol–water partition coefficient (Wildman–Crippen LogP) is 3.01. The lowest BCUT2D eigenvalue weighted by Crippen LogP contribution is -2.11. The van der Waals surface area contributed by atoms with Crippen molar-refractivity contribution in [3.05, 3.63) is 84.1 Å². The van der Waals surface area contributed by atoms with Crippen molar-refractivity contribution in [2.24, 2.45) is 0 Å². The molecule has 0 radical (unpaired) electrons. The fourth-order valence-corrected chi connectivity index (χ4v) is 3.61. The molecule has 0 unspecified atom stereocenters. The number of carbonyl (C=O) groups is 1. The first kappa shape index (κ1) is 16.9. The highest BCUT2D eigenvalue weighted by Crippen LogP contribution is 2.20. The van der Waals surface area contributed by atoms with E-state index < -0.39 is 15.8 Å². The van der Waals surface area contributed by atoms with Crippen molar-refractivity contribution in [1.82, 2.24) is 4.98 Å². The fraction of sp³-hybridized carbons (Fsp3) is 0.111. The van der Waals surface area contributed by atoms with E-state index in [1.807, 2.05) is 0 Å². The van der Waals surface area contributed by atoms with E-state index in [1.54, 1.807) is 42.6 Å². The van der Waals surface area contributed by atoms with Crippen LogP contribution in [0.3, 0.4) is 0 Å². The molecule has 0 aliphatic carbocycles. The monoisotopic (exact) mass is 357 g/mol. The van der Waals surface area contributed by atoms with Crippen LogP contribution in [0.2, 0.25) is 0 Å². The first-order valence-corrected chi connectivity index (χ1v) is 9.13. The van der Waals surface area contributed by atoms with Crippen LogP contribution < -0.4 is 0 Å².